The van der Waals surface area contributed by atoms with Gasteiger partial charge in [-0.05, 0) is 78.4 Å². The highest BCUT2D eigenvalue weighted by molar-refractivity contribution is 6.08. The maximum atomic E-state index is 14.4. The van der Waals surface area contributed by atoms with Crippen molar-refractivity contribution < 1.29 is 23.2 Å². The van der Waals surface area contributed by atoms with Crippen molar-refractivity contribution in [3.8, 4) is 28.0 Å². The van der Waals surface area contributed by atoms with Crippen LogP contribution in [-0.2, 0) is 4.79 Å². The number of fused-ring (bicyclic) bond motifs is 1. The summed E-state index contributed by atoms with van der Waals surface area (Å²) in [6, 6.07) is 16.2. The van der Waals surface area contributed by atoms with Gasteiger partial charge in [-0.25, -0.2) is 4.39 Å². The van der Waals surface area contributed by atoms with Gasteiger partial charge in [-0.15, -0.1) is 0 Å². The molecule has 2 amide bonds. The number of nitrogens with zero attached hydrogens (tertiary/aromatic N) is 1. The molecule has 1 fully saturated rings. The van der Waals surface area contributed by atoms with Gasteiger partial charge in [-0.3, -0.25) is 9.59 Å². The van der Waals surface area contributed by atoms with E-state index in [4.69, 9.17) is 15.0 Å². The lowest BCUT2D eigenvalue weighted by Gasteiger charge is -2.33. The Morgan fingerprint density at radius 3 is 2.55 bits per heavy atom. The molecule has 1 heterocycles. The summed E-state index contributed by atoms with van der Waals surface area (Å²) in [6.45, 7) is 3.44. The third kappa shape index (κ3) is 4.70. The van der Waals surface area contributed by atoms with Gasteiger partial charge < -0.3 is 25.6 Å². The molecule has 194 valence electrons. The summed E-state index contributed by atoms with van der Waals surface area (Å²) >= 11 is 0. The molecule has 9 heteroatoms. The van der Waals surface area contributed by atoms with Crippen molar-refractivity contribution in [3.05, 3.63) is 72.8 Å². The van der Waals surface area contributed by atoms with Gasteiger partial charge in [0.1, 0.15) is 11.4 Å². The normalized spacial score (nSPS) is 13.9. The fourth-order valence-electron chi connectivity index (χ4n) is 4.63. The van der Waals surface area contributed by atoms with E-state index in [9.17, 15) is 14.0 Å². The number of hydrogen-bond acceptors (Lipinski definition) is 6. The number of benzene rings is 3. The van der Waals surface area contributed by atoms with Gasteiger partial charge in [-0.1, -0.05) is 29.9 Å². The molecule has 0 bridgehead atoms. The summed E-state index contributed by atoms with van der Waals surface area (Å²) in [6.07, 6.45) is 2.95. The molecule has 0 spiro atoms. The number of nitrogens with one attached hydrogen (secondary N) is 2. The Bertz CT molecular complexity index is 1540. The molecule has 0 radical (unpaired) electrons. The van der Waals surface area contributed by atoms with Crippen molar-refractivity contribution in [2.24, 2.45) is 0 Å². The van der Waals surface area contributed by atoms with Crippen molar-refractivity contribution in [3.63, 3.8) is 0 Å². The molecule has 8 nitrogen and oxygen atoms in total. The zero-order valence-corrected chi connectivity index (χ0v) is 20.8. The molecule has 5 rings (SSSR count). The molecule has 0 atom stereocenters. The highest BCUT2D eigenvalue weighted by atomic mass is 19.1. The topological polar surface area (TPSA) is 119 Å². The Balaban J connectivity index is 1.55. The van der Waals surface area contributed by atoms with Gasteiger partial charge in [0.05, 0.1) is 24.6 Å². The first kappa shape index (κ1) is 25.0. The number of carbonyl (C=O) groups excluding carboxylic acids is 2. The smallest absolute Gasteiger partial charge is 0.255 e. The summed E-state index contributed by atoms with van der Waals surface area (Å²) in [4.78, 5) is 24.5. The second kappa shape index (κ2) is 10.0. The van der Waals surface area contributed by atoms with E-state index in [2.05, 4.69) is 22.4 Å². The SMILES string of the molecule is C=CC(=O)Nc1ccc(-c2ccc3onc(N)c3c2-c2ccc(C(=O)NCC3(F)CCC3)c(OC)c2)cc1. The average Bonchev–Trinajstić information content (AvgIpc) is 3.30. The summed E-state index contributed by atoms with van der Waals surface area (Å²) in [5.74, 6) is -0.150. The zero-order valence-electron chi connectivity index (χ0n) is 20.8. The van der Waals surface area contributed by atoms with Crippen LogP contribution in [-0.4, -0.2) is 36.3 Å². The largest absolute Gasteiger partial charge is 0.496 e. The van der Waals surface area contributed by atoms with Gasteiger partial charge in [0.25, 0.3) is 5.91 Å². The predicted molar refractivity (Wildman–Crippen MR) is 145 cm³/mol. The zero-order chi connectivity index (χ0) is 26.9. The molecule has 4 N–H and O–H groups in total. The molecule has 4 aromatic rings. The highest BCUT2D eigenvalue weighted by Gasteiger charge is 2.37. The number of amides is 2. The maximum absolute atomic E-state index is 14.4. The summed E-state index contributed by atoms with van der Waals surface area (Å²) in [7, 11) is 1.48. The molecule has 3 aromatic carbocycles. The molecular weight excluding hydrogens is 487 g/mol. The van der Waals surface area contributed by atoms with E-state index in [1.807, 2.05) is 18.2 Å². The van der Waals surface area contributed by atoms with Crippen LogP contribution in [0.2, 0.25) is 0 Å². The van der Waals surface area contributed by atoms with Gasteiger partial charge in [0, 0.05) is 11.3 Å². The van der Waals surface area contributed by atoms with Crippen molar-refractivity contribution in [2.75, 3.05) is 24.7 Å². The van der Waals surface area contributed by atoms with Crippen LogP contribution >= 0.6 is 0 Å². The number of halogens is 1. The lowest BCUT2D eigenvalue weighted by molar-refractivity contribution is -0.111. The van der Waals surface area contributed by atoms with E-state index in [1.165, 1.54) is 13.2 Å². The van der Waals surface area contributed by atoms with Crippen LogP contribution in [0.1, 0.15) is 29.6 Å². The van der Waals surface area contributed by atoms with E-state index < -0.39 is 11.6 Å². The Labute approximate surface area is 218 Å². The van der Waals surface area contributed by atoms with E-state index in [-0.39, 0.29) is 18.3 Å². The van der Waals surface area contributed by atoms with Crippen molar-refractivity contribution in [2.45, 2.75) is 24.9 Å². The third-order valence-electron chi connectivity index (χ3n) is 6.86. The van der Waals surface area contributed by atoms with Crippen molar-refractivity contribution in [1.82, 2.24) is 10.5 Å². The van der Waals surface area contributed by atoms with Crippen LogP contribution < -0.4 is 21.1 Å². The minimum Gasteiger partial charge on any atom is -0.496 e. The lowest BCUT2D eigenvalue weighted by atomic mass is 9.82. The minimum atomic E-state index is -1.33. The quantitative estimate of drug-likeness (QED) is 0.267. The molecule has 0 aliphatic heterocycles. The van der Waals surface area contributed by atoms with Crippen LogP contribution in [0.25, 0.3) is 33.2 Å². The van der Waals surface area contributed by atoms with E-state index in [1.54, 1.807) is 36.4 Å². The second-order valence-corrected chi connectivity index (χ2v) is 9.30. The number of aromatic nitrogens is 1. The molecule has 0 unspecified atom stereocenters. The summed E-state index contributed by atoms with van der Waals surface area (Å²) in [5.41, 5.74) is 9.46. The number of rotatable bonds is 8. The van der Waals surface area contributed by atoms with E-state index in [0.29, 0.717) is 40.8 Å². The fraction of sp³-hybridized carbons (Fsp3) is 0.207. The molecule has 1 aliphatic rings. The average molecular weight is 515 g/mol. The number of carbonyl (C=O) groups is 2. The Morgan fingerprint density at radius 1 is 1.16 bits per heavy atom. The van der Waals surface area contributed by atoms with Crippen LogP contribution in [0.4, 0.5) is 15.9 Å². The monoisotopic (exact) mass is 514 g/mol. The standard InChI is InChI=1S/C29H27FN4O4/c1-3-24(35)33-19-8-5-17(6-9-19)20-11-12-22-26(27(31)34-38-22)25(20)18-7-10-21(23(15-18)37-2)28(36)32-16-29(30)13-4-14-29/h3,5-12,15H,1,4,13-14,16H2,2H3,(H2,31,34)(H,32,36)(H,33,35). The van der Waals surface area contributed by atoms with Crippen molar-refractivity contribution in [1.29, 1.82) is 0 Å². The highest BCUT2D eigenvalue weighted by Crippen LogP contribution is 2.42. The van der Waals surface area contributed by atoms with Gasteiger partial charge in [-0.2, -0.15) is 0 Å². The number of ether oxygens (including phenoxy) is 1. The van der Waals surface area contributed by atoms with E-state index >= 15 is 0 Å². The summed E-state index contributed by atoms with van der Waals surface area (Å²) < 4.78 is 25.4. The Kier molecular flexibility index (Phi) is 6.59. The number of methoxy groups -OCH3 is 1. The van der Waals surface area contributed by atoms with Gasteiger partial charge in [0.15, 0.2) is 11.4 Å². The van der Waals surface area contributed by atoms with Crippen LogP contribution in [0.5, 0.6) is 5.75 Å². The number of hydrogen-bond donors (Lipinski definition) is 3. The molecule has 38 heavy (non-hydrogen) atoms. The first-order valence-electron chi connectivity index (χ1n) is 12.2. The van der Waals surface area contributed by atoms with Crippen LogP contribution in [0.15, 0.2) is 71.8 Å². The number of nitrogen functional groups attached to an aromatic ring is 1. The fourth-order valence-corrected chi connectivity index (χ4v) is 4.63. The molecule has 1 aromatic heterocycles. The Hall–Kier alpha value is -4.66. The number of nitrogens with two attached hydrogens (primary N) is 1. The minimum absolute atomic E-state index is 0.0271. The molecular formula is C29H27FN4O4. The van der Waals surface area contributed by atoms with E-state index in [0.717, 1.165) is 28.7 Å². The van der Waals surface area contributed by atoms with Gasteiger partial charge >= 0.3 is 0 Å². The molecule has 1 saturated carbocycles. The lowest BCUT2D eigenvalue weighted by Crippen LogP contribution is -2.44. The number of alkyl halides is 1. The Morgan fingerprint density at radius 2 is 1.89 bits per heavy atom. The van der Waals surface area contributed by atoms with Gasteiger partial charge in [0.2, 0.25) is 5.91 Å². The summed E-state index contributed by atoms with van der Waals surface area (Å²) in [5, 5.41) is 9.98. The molecule has 1 aliphatic carbocycles. The second-order valence-electron chi connectivity index (χ2n) is 9.30. The number of anilines is 2. The van der Waals surface area contributed by atoms with Crippen LogP contribution in [0.3, 0.4) is 0 Å². The molecule has 0 saturated heterocycles. The first-order valence-corrected chi connectivity index (χ1v) is 12.2. The third-order valence-corrected chi connectivity index (χ3v) is 6.86. The van der Waals surface area contributed by atoms with Crippen molar-refractivity contribution >= 4 is 34.3 Å². The first-order chi connectivity index (χ1) is 18.3. The van der Waals surface area contributed by atoms with Crippen LogP contribution in [0, 0.1) is 0 Å². The predicted octanol–water partition coefficient (Wildman–Crippen LogP) is 5.50. The maximum Gasteiger partial charge on any atom is 0.255 e.